The normalized spacial score (nSPS) is 15.1. The molecule has 0 aliphatic carbocycles. The molecule has 0 saturated heterocycles. The van der Waals surface area contributed by atoms with Gasteiger partial charge >= 0.3 is 5.97 Å². The van der Waals surface area contributed by atoms with Gasteiger partial charge in [0.1, 0.15) is 5.75 Å². The number of carboxylic acids is 1. The molecule has 1 aliphatic rings. The monoisotopic (exact) mass is 364 g/mol. The smallest absolute Gasteiger partial charge is 0.307 e. The molecule has 0 unspecified atom stereocenters. The fourth-order valence-electron chi connectivity index (χ4n) is 2.05. The summed E-state index contributed by atoms with van der Waals surface area (Å²) in [6, 6.07) is 6.75. The van der Waals surface area contributed by atoms with Crippen LogP contribution in [0.4, 0.5) is 0 Å². The Morgan fingerprint density at radius 3 is 2.86 bits per heavy atom. The number of thiophene rings is 1. The molecule has 6 heteroatoms. The lowest BCUT2D eigenvalue weighted by atomic mass is 10.1. The Labute approximate surface area is 132 Å². The number of halogens is 1. The van der Waals surface area contributed by atoms with Gasteiger partial charge in [-0.05, 0) is 39.7 Å². The topological polar surface area (TPSA) is 63.6 Å². The molecule has 4 nitrogen and oxygen atoms in total. The first-order valence-corrected chi connectivity index (χ1v) is 7.73. The van der Waals surface area contributed by atoms with Crippen LogP contribution < -0.4 is 4.74 Å². The number of ketones is 1. The molecule has 0 atom stereocenters. The van der Waals surface area contributed by atoms with Gasteiger partial charge in [0.25, 0.3) is 0 Å². The first kappa shape index (κ1) is 14.0. The van der Waals surface area contributed by atoms with Crippen LogP contribution >= 0.6 is 27.3 Å². The van der Waals surface area contributed by atoms with E-state index < -0.39 is 5.97 Å². The van der Waals surface area contributed by atoms with Crippen molar-refractivity contribution in [1.29, 1.82) is 0 Å². The summed E-state index contributed by atoms with van der Waals surface area (Å²) in [6.07, 6.45) is 1.59. The van der Waals surface area contributed by atoms with Gasteiger partial charge in [-0.15, -0.1) is 11.3 Å². The SMILES string of the molecule is O=C(O)Cc1ccc2c(c1)O/C(=C\c1cc(Br)cs1)C2=O. The number of fused-ring (bicyclic) bond motifs is 1. The molecular formula is C15H9BrO4S. The van der Waals surface area contributed by atoms with Gasteiger partial charge in [0, 0.05) is 20.8 Å². The van der Waals surface area contributed by atoms with Crippen molar-refractivity contribution >= 4 is 45.1 Å². The van der Waals surface area contributed by atoms with Crippen LogP contribution in [0.25, 0.3) is 6.08 Å². The predicted molar refractivity (Wildman–Crippen MR) is 82.7 cm³/mol. The van der Waals surface area contributed by atoms with Crippen LogP contribution in [0.15, 0.2) is 39.9 Å². The van der Waals surface area contributed by atoms with E-state index in [0.29, 0.717) is 16.9 Å². The van der Waals surface area contributed by atoms with E-state index in [1.165, 1.54) is 11.3 Å². The Hall–Kier alpha value is -1.92. The Morgan fingerprint density at radius 1 is 1.38 bits per heavy atom. The summed E-state index contributed by atoms with van der Waals surface area (Å²) in [5.41, 5.74) is 1.07. The van der Waals surface area contributed by atoms with Gasteiger partial charge in [-0.25, -0.2) is 0 Å². The Kier molecular flexibility index (Phi) is 3.65. The highest BCUT2D eigenvalue weighted by Crippen LogP contribution is 2.33. The largest absolute Gasteiger partial charge is 0.481 e. The average Bonchev–Trinajstić information content (AvgIpc) is 2.94. The van der Waals surface area contributed by atoms with Crippen molar-refractivity contribution in [1.82, 2.24) is 0 Å². The van der Waals surface area contributed by atoms with Crippen molar-refractivity contribution in [3.8, 4) is 5.75 Å². The zero-order valence-electron chi connectivity index (χ0n) is 10.6. The van der Waals surface area contributed by atoms with E-state index in [1.807, 2.05) is 11.4 Å². The molecule has 0 amide bonds. The van der Waals surface area contributed by atoms with Gasteiger partial charge in [-0.2, -0.15) is 0 Å². The van der Waals surface area contributed by atoms with E-state index in [4.69, 9.17) is 9.84 Å². The predicted octanol–water partition coefficient (Wildman–Crippen LogP) is 3.75. The molecule has 21 heavy (non-hydrogen) atoms. The third kappa shape index (κ3) is 2.91. The van der Waals surface area contributed by atoms with Crippen LogP contribution in [0.1, 0.15) is 20.8 Å². The molecule has 0 bridgehead atoms. The van der Waals surface area contributed by atoms with Crippen molar-refractivity contribution < 1.29 is 19.4 Å². The molecule has 0 spiro atoms. The first-order chi connectivity index (χ1) is 10.0. The van der Waals surface area contributed by atoms with Gasteiger partial charge in [-0.3, -0.25) is 9.59 Å². The summed E-state index contributed by atoms with van der Waals surface area (Å²) in [5, 5.41) is 10.7. The van der Waals surface area contributed by atoms with E-state index in [9.17, 15) is 9.59 Å². The van der Waals surface area contributed by atoms with E-state index in [-0.39, 0.29) is 18.0 Å². The molecule has 0 saturated carbocycles. The maximum absolute atomic E-state index is 12.2. The number of rotatable bonds is 3. The number of benzene rings is 1. The molecular weight excluding hydrogens is 356 g/mol. The zero-order chi connectivity index (χ0) is 15.0. The van der Waals surface area contributed by atoms with Crippen LogP contribution in [-0.2, 0) is 11.2 Å². The second-order valence-electron chi connectivity index (χ2n) is 4.51. The fraction of sp³-hybridized carbons (Fsp3) is 0.0667. The maximum Gasteiger partial charge on any atom is 0.307 e. The van der Waals surface area contributed by atoms with Crippen molar-refractivity contribution in [2.45, 2.75) is 6.42 Å². The minimum atomic E-state index is -0.918. The molecule has 1 aromatic carbocycles. The van der Waals surface area contributed by atoms with Gasteiger partial charge in [-0.1, -0.05) is 6.07 Å². The highest BCUT2D eigenvalue weighted by molar-refractivity contribution is 9.10. The molecule has 1 aromatic heterocycles. The maximum atomic E-state index is 12.2. The number of Topliss-reactive ketones (excluding diaryl/α,β-unsaturated/α-hetero) is 1. The van der Waals surface area contributed by atoms with Crippen LogP contribution in [0.5, 0.6) is 5.75 Å². The number of carbonyl (C=O) groups is 2. The van der Waals surface area contributed by atoms with Crippen LogP contribution in [0, 0.1) is 0 Å². The highest BCUT2D eigenvalue weighted by Gasteiger charge is 2.27. The lowest BCUT2D eigenvalue weighted by Crippen LogP contribution is -2.00. The Bertz CT molecular complexity index is 776. The minimum Gasteiger partial charge on any atom is -0.481 e. The van der Waals surface area contributed by atoms with Gasteiger partial charge in [0.15, 0.2) is 5.76 Å². The van der Waals surface area contributed by atoms with Gasteiger partial charge < -0.3 is 9.84 Å². The summed E-state index contributed by atoms with van der Waals surface area (Å²) in [4.78, 5) is 23.8. The summed E-state index contributed by atoms with van der Waals surface area (Å²) in [6.45, 7) is 0. The first-order valence-electron chi connectivity index (χ1n) is 6.06. The molecule has 0 radical (unpaired) electrons. The quantitative estimate of drug-likeness (QED) is 0.842. The number of hydrogen-bond acceptors (Lipinski definition) is 4. The van der Waals surface area contributed by atoms with Crippen LogP contribution in [0.2, 0.25) is 0 Å². The van der Waals surface area contributed by atoms with Crippen LogP contribution in [0.3, 0.4) is 0 Å². The lowest BCUT2D eigenvalue weighted by Gasteiger charge is -2.00. The van der Waals surface area contributed by atoms with E-state index in [1.54, 1.807) is 24.3 Å². The number of carbonyl (C=O) groups excluding carboxylic acids is 1. The lowest BCUT2D eigenvalue weighted by molar-refractivity contribution is -0.136. The second kappa shape index (κ2) is 5.46. The van der Waals surface area contributed by atoms with E-state index in [0.717, 1.165) is 9.35 Å². The molecule has 3 rings (SSSR count). The number of hydrogen-bond donors (Lipinski definition) is 1. The molecule has 106 valence electrons. The number of ether oxygens (including phenoxy) is 1. The second-order valence-corrected chi connectivity index (χ2v) is 6.37. The molecule has 0 fully saturated rings. The molecule has 2 aromatic rings. The summed E-state index contributed by atoms with van der Waals surface area (Å²) in [7, 11) is 0. The molecule has 1 N–H and O–H groups in total. The van der Waals surface area contributed by atoms with E-state index in [2.05, 4.69) is 15.9 Å². The van der Waals surface area contributed by atoms with Gasteiger partial charge in [0.2, 0.25) is 5.78 Å². The van der Waals surface area contributed by atoms with Crippen molar-refractivity contribution in [3.63, 3.8) is 0 Å². The summed E-state index contributed by atoms with van der Waals surface area (Å²) in [5.74, 6) is -0.428. The molecule has 1 aliphatic heterocycles. The Morgan fingerprint density at radius 2 is 2.19 bits per heavy atom. The number of aliphatic carboxylic acids is 1. The van der Waals surface area contributed by atoms with Gasteiger partial charge in [0.05, 0.1) is 12.0 Å². The van der Waals surface area contributed by atoms with Crippen molar-refractivity contribution in [2.75, 3.05) is 0 Å². The van der Waals surface area contributed by atoms with Crippen molar-refractivity contribution in [3.05, 3.63) is 55.9 Å². The highest BCUT2D eigenvalue weighted by atomic mass is 79.9. The minimum absolute atomic E-state index is 0.0955. The summed E-state index contributed by atoms with van der Waals surface area (Å²) < 4.78 is 6.51. The summed E-state index contributed by atoms with van der Waals surface area (Å²) >= 11 is 4.85. The molecule has 2 heterocycles. The zero-order valence-corrected chi connectivity index (χ0v) is 13.0. The Balaban J connectivity index is 1.91. The van der Waals surface area contributed by atoms with Crippen molar-refractivity contribution in [2.24, 2.45) is 0 Å². The van der Waals surface area contributed by atoms with Crippen LogP contribution in [-0.4, -0.2) is 16.9 Å². The third-order valence-electron chi connectivity index (χ3n) is 2.95. The van der Waals surface area contributed by atoms with E-state index >= 15 is 0 Å². The average molecular weight is 365 g/mol. The fourth-order valence-corrected chi connectivity index (χ4v) is 3.41. The standard InChI is InChI=1S/C15H9BrO4S/c16-9-5-10(21-7-9)6-13-15(19)11-2-1-8(4-14(17)18)3-12(11)20-13/h1-3,5-7H,4H2,(H,17,18)/b13-6-. The number of allylic oxidation sites excluding steroid dienone is 1. The third-order valence-corrected chi connectivity index (χ3v) is 4.59. The number of carboxylic acid groups (broad SMARTS) is 1.